The summed E-state index contributed by atoms with van der Waals surface area (Å²) in [5, 5.41) is 1.59. The first kappa shape index (κ1) is 8.70. The lowest BCUT2D eigenvalue weighted by Crippen LogP contribution is -2.42. The summed E-state index contributed by atoms with van der Waals surface area (Å²) in [5.41, 5.74) is 3.10. The Hall–Kier alpha value is -1.42. The van der Waals surface area contributed by atoms with E-state index in [-0.39, 0.29) is 11.2 Å². The van der Waals surface area contributed by atoms with Crippen molar-refractivity contribution in [2.24, 2.45) is 22.2 Å². The third kappa shape index (κ3) is 0.777. The molecule has 0 bridgehead atoms. The first-order valence-corrected chi connectivity index (χ1v) is 5.74. The van der Waals surface area contributed by atoms with Gasteiger partial charge < -0.3 is 5.01 Å². The molecular weight excluding hydrogens is 202 g/mol. The summed E-state index contributed by atoms with van der Waals surface area (Å²) in [7, 11) is 0. The molecule has 0 amide bonds. The number of allylic oxidation sites excluding steroid dienone is 3. The molecule has 1 fully saturated rings. The van der Waals surface area contributed by atoms with E-state index in [2.05, 4.69) is 11.1 Å². The van der Waals surface area contributed by atoms with Crippen molar-refractivity contribution in [1.82, 2.24) is 5.01 Å². The van der Waals surface area contributed by atoms with Crippen LogP contribution in [0, 0.1) is 11.3 Å². The van der Waals surface area contributed by atoms with Crippen LogP contribution in [0.15, 0.2) is 28.4 Å². The normalized spacial score (nSPS) is 39.3. The van der Waals surface area contributed by atoms with Gasteiger partial charge in [0.25, 0.3) is 0 Å². The summed E-state index contributed by atoms with van der Waals surface area (Å²) >= 11 is 0. The molecule has 2 aliphatic heterocycles. The Balaban J connectivity index is 1.96. The third-order valence-electron chi connectivity index (χ3n) is 4.32. The van der Waals surface area contributed by atoms with Crippen LogP contribution in [0.25, 0.3) is 0 Å². The summed E-state index contributed by atoms with van der Waals surface area (Å²) in [6.07, 6.45) is 5.78. The van der Waals surface area contributed by atoms with Crippen LogP contribution in [-0.4, -0.2) is 29.6 Å². The number of rotatable bonds is 0. The highest BCUT2D eigenvalue weighted by molar-refractivity contribution is 6.18. The van der Waals surface area contributed by atoms with E-state index in [0.29, 0.717) is 18.9 Å². The first-order valence-electron chi connectivity index (χ1n) is 5.74. The number of carbonyl (C=O) groups excluding carboxylic acids is 1. The largest absolute Gasteiger partial charge is 0.303 e. The van der Waals surface area contributed by atoms with Gasteiger partial charge in [0, 0.05) is 17.7 Å². The number of ketones is 1. The second kappa shape index (κ2) is 2.46. The maximum Gasteiger partial charge on any atom is 0.186 e. The molecule has 4 nitrogen and oxygen atoms in total. The highest BCUT2D eigenvalue weighted by Crippen LogP contribution is 2.65. The molecule has 4 rings (SSSR count). The van der Waals surface area contributed by atoms with Crippen LogP contribution in [0.2, 0.25) is 0 Å². The Kier molecular flexibility index (Phi) is 1.34. The number of Topliss-reactive ketones (excluding diaryl/α,β-unsaturated/α-hetero) is 1. The van der Waals surface area contributed by atoms with Gasteiger partial charge in [-0.15, -0.1) is 0 Å². The van der Waals surface area contributed by atoms with Crippen molar-refractivity contribution in [2.75, 3.05) is 13.1 Å². The predicted octanol–water partition coefficient (Wildman–Crippen LogP) is 0.420. The number of aliphatic imine (C=N–C) groups is 1. The van der Waals surface area contributed by atoms with Crippen LogP contribution in [-0.2, 0) is 4.79 Å². The molecule has 2 unspecified atom stereocenters. The van der Waals surface area contributed by atoms with Crippen molar-refractivity contribution in [1.29, 1.82) is 0 Å². The fourth-order valence-electron chi connectivity index (χ4n) is 3.48. The van der Waals surface area contributed by atoms with Crippen molar-refractivity contribution in [2.45, 2.75) is 12.8 Å². The Morgan fingerprint density at radius 1 is 1.56 bits per heavy atom. The lowest BCUT2D eigenvalue weighted by molar-refractivity contribution is -0.116. The zero-order chi connectivity index (χ0) is 10.9. The molecule has 16 heavy (non-hydrogen) atoms. The van der Waals surface area contributed by atoms with Gasteiger partial charge >= 0.3 is 0 Å². The molecule has 0 radical (unpaired) electrons. The lowest BCUT2D eigenvalue weighted by atomic mass is 9.78. The molecule has 0 saturated heterocycles. The van der Waals surface area contributed by atoms with Crippen LogP contribution < -0.4 is 5.84 Å². The van der Waals surface area contributed by atoms with Gasteiger partial charge in [0.05, 0.1) is 18.7 Å². The van der Waals surface area contributed by atoms with Gasteiger partial charge in [0.15, 0.2) is 5.78 Å². The standard InChI is InChI=1S/C12H13N3O/c13-15-3-1-2-8-11(15)9(16)4-10-12(8)5-7(12)6-14-10/h1-2,7H,3-6,13H2. The highest BCUT2D eigenvalue weighted by atomic mass is 16.1. The number of hydrogen-bond donors (Lipinski definition) is 1. The highest BCUT2D eigenvalue weighted by Gasteiger charge is 2.65. The molecule has 2 atom stereocenters. The molecule has 1 saturated carbocycles. The molecule has 0 aromatic carbocycles. The summed E-state index contributed by atoms with van der Waals surface area (Å²) < 4.78 is 0. The number of nitrogens with zero attached hydrogens (tertiary/aromatic N) is 2. The fraction of sp³-hybridized carbons (Fsp3) is 0.500. The molecular formula is C12H13N3O. The summed E-state index contributed by atoms with van der Waals surface area (Å²) in [4.78, 5) is 16.6. The first-order chi connectivity index (χ1) is 7.73. The Morgan fingerprint density at radius 3 is 3.25 bits per heavy atom. The number of carbonyl (C=O) groups is 1. The van der Waals surface area contributed by atoms with E-state index < -0.39 is 0 Å². The third-order valence-corrected chi connectivity index (χ3v) is 4.32. The molecule has 82 valence electrons. The maximum atomic E-state index is 12.0. The van der Waals surface area contributed by atoms with Crippen LogP contribution in [0.5, 0.6) is 0 Å². The van der Waals surface area contributed by atoms with E-state index in [4.69, 9.17) is 5.84 Å². The van der Waals surface area contributed by atoms with E-state index in [0.717, 1.165) is 29.9 Å². The van der Waals surface area contributed by atoms with Gasteiger partial charge in [0.1, 0.15) is 0 Å². The van der Waals surface area contributed by atoms with Gasteiger partial charge in [-0.2, -0.15) is 0 Å². The maximum absolute atomic E-state index is 12.0. The average Bonchev–Trinajstić information content (AvgIpc) is 2.89. The molecule has 1 spiro atoms. The van der Waals surface area contributed by atoms with Crippen molar-refractivity contribution in [3.63, 3.8) is 0 Å². The van der Waals surface area contributed by atoms with Gasteiger partial charge in [-0.25, -0.2) is 5.84 Å². The molecule has 4 heteroatoms. The van der Waals surface area contributed by atoms with Gasteiger partial charge in [0.2, 0.25) is 0 Å². The van der Waals surface area contributed by atoms with E-state index >= 15 is 0 Å². The zero-order valence-corrected chi connectivity index (χ0v) is 8.94. The second-order valence-electron chi connectivity index (χ2n) is 5.08. The van der Waals surface area contributed by atoms with Crippen LogP contribution in [0.1, 0.15) is 12.8 Å². The van der Waals surface area contributed by atoms with Crippen LogP contribution >= 0.6 is 0 Å². The minimum absolute atomic E-state index is 0.109. The van der Waals surface area contributed by atoms with Gasteiger partial charge in [-0.05, 0) is 17.9 Å². The molecule has 2 N–H and O–H groups in total. The second-order valence-corrected chi connectivity index (χ2v) is 5.08. The monoisotopic (exact) mass is 215 g/mol. The summed E-state index contributed by atoms with van der Waals surface area (Å²) in [5.74, 6) is 6.68. The van der Waals surface area contributed by atoms with Crippen LogP contribution in [0.4, 0.5) is 0 Å². The zero-order valence-electron chi connectivity index (χ0n) is 8.94. The molecule has 4 aliphatic rings. The number of hydrazine groups is 1. The van der Waals surface area contributed by atoms with Crippen molar-refractivity contribution in [3.8, 4) is 0 Å². The minimum atomic E-state index is 0.109. The summed E-state index contributed by atoms with van der Waals surface area (Å²) in [6.45, 7) is 1.54. The number of nitrogens with two attached hydrogens (primary N) is 1. The predicted molar refractivity (Wildman–Crippen MR) is 59.5 cm³/mol. The van der Waals surface area contributed by atoms with Crippen molar-refractivity contribution < 1.29 is 4.79 Å². The average molecular weight is 215 g/mol. The SMILES string of the molecule is NN1CC=CC2=C1C(=O)CC1=NCC3CC123. The van der Waals surface area contributed by atoms with E-state index in [1.807, 2.05) is 6.08 Å². The fourth-order valence-corrected chi connectivity index (χ4v) is 3.48. The van der Waals surface area contributed by atoms with Crippen molar-refractivity contribution >= 4 is 11.5 Å². The van der Waals surface area contributed by atoms with E-state index in [1.54, 1.807) is 5.01 Å². The van der Waals surface area contributed by atoms with E-state index in [1.165, 1.54) is 0 Å². The Morgan fingerprint density at radius 2 is 2.44 bits per heavy atom. The van der Waals surface area contributed by atoms with Crippen molar-refractivity contribution in [3.05, 3.63) is 23.4 Å². The van der Waals surface area contributed by atoms with Crippen LogP contribution in [0.3, 0.4) is 0 Å². The molecule has 2 aliphatic carbocycles. The smallest absolute Gasteiger partial charge is 0.186 e. The van der Waals surface area contributed by atoms with E-state index in [9.17, 15) is 4.79 Å². The van der Waals surface area contributed by atoms with Gasteiger partial charge in [-0.3, -0.25) is 9.79 Å². The number of hydrogen-bond acceptors (Lipinski definition) is 4. The molecule has 0 aromatic heterocycles. The molecule has 0 aromatic rings. The molecule has 2 heterocycles. The quantitative estimate of drug-likeness (QED) is 0.596. The lowest BCUT2D eigenvalue weighted by Gasteiger charge is -2.33. The minimum Gasteiger partial charge on any atom is -0.303 e. The van der Waals surface area contributed by atoms with Gasteiger partial charge in [-0.1, -0.05) is 12.2 Å². The Labute approximate surface area is 93.5 Å². The topological polar surface area (TPSA) is 58.7 Å². The summed E-state index contributed by atoms with van der Waals surface area (Å²) in [6, 6.07) is 0. The Bertz CT molecular complexity index is 502.